The van der Waals surface area contributed by atoms with Gasteiger partial charge in [-0.1, -0.05) is 59.8 Å². The lowest BCUT2D eigenvalue weighted by Gasteiger charge is -2.12. The van der Waals surface area contributed by atoms with Crippen molar-refractivity contribution in [2.45, 2.75) is 24.4 Å². The van der Waals surface area contributed by atoms with E-state index >= 15 is 0 Å². The number of hydrogen-bond acceptors (Lipinski definition) is 5. The molecule has 0 saturated carbocycles. The average molecular weight is 392 g/mol. The second-order valence-corrected chi connectivity index (χ2v) is 7.60. The normalized spacial score (nSPS) is 18.0. The molecule has 0 spiro atoms. The number of halogens is 1. The summed E-state index contributed by atoms with van der Waals surface area (Å²) in [4.78, 5) is 22.8. The van der Waals surface area contributed by atoms with Crippen molar-refractivity contribution in [1.82, 2.24) is 5.32 Å². The van der Waals surface area contributed by atoms with E-state index < -0.39 is 6.10 Å². The third-order valence-electron chi connectivity index (χ3n) is 4.01. The van der Waals surface area contributed by atoms with E-state index in [2.05, 4.69) is 5.32 Å². The van der Waals surface area contributed by atoms with Crippen LogP contribution >= 0.6 is 23.4 Å². The number of hydrogen-bond donors (Lipinski definition) is 2. The maximum atomic E-state index is 11.6. The van der Waals surface area contributed by atoms with E-state index in [1.54, 1.807) is 24.3 Å². The van der Waals surface area contributed by atoms with Crippen molar-refractivity contribution in [2.75, 3.05) is 6.61 Å². The van der Waals surface area contributed by atoms with Gasteiger partial charge in [0.15, 0.2) is 0 Å². The van der Waals surface area contributed by atoms with Gasteiger partial charge in [-0.15, -0.1) is 0 Å². The predicted molar refractivity (Wildman–Crippen MR) is 101 cm³/mol. The van der Waals surface area contributed by atoms with Crippen LogP contribution < -0.4 is 5.32 Å². The Kier molecular flexibility index (Phi) is 6.32. The van der Waals surface area contributed by atoms with Crippen molar-refractivity contribution >= 4 is 34.5 Å². The molecule has 1 aliphatic rings. The Morgan fingerprint density at radius 1 is 1.08 bits per heavy atom. The minimum Gasteiger partial charge on any atom is -0.386 e. The summed E-state index contributed by atoms with van der Waals surface area (Å²) in [6.07, 6.45) is -0.194. The first kappa shape index (κ1) is 18.9. The van der Waals surface area contributed by atoms with E-state index in [1.165, 1.54) is 0 Å². The molecular weight excluding hydrogens is 374 g/mol. The molecule has 136 valence electrons. The van der Waals surface area contributed by atoms with Gasteiger partial charge in [-0.2, -0.15) is 0 Å². The van der Waals surface area contributed by atoms with E-state index in [0.717, 1.165) is 28.5 Å². The molecule has 5 nitrogen and oxygen atoms in total. The van der Waals surface area contributed by atoms with Gasteiger partial charge in [0.2, 0.25) is 5.91 Å². The smallest absolute Gasteiger partial charge is 0.286 e. The van der Waals surface area contributed by atoms with Crippen LogP contribution in [0.5, 0.6) is 0 Å². The van der Waals surface area contributed by atoms with Crippen LogP contribution in [0, 0.1) is 0 Å². The summed E-state index contributed by atoms with van der Waals surface area (Å²) >= 11 is 6.86. The van der Waals surface area contributed by atoms with Gasteiger partial charge in [0.1, 0.15) is 6.10 Å². The molecule has 0 bridgehead atoms. The SMILES string of the molecule is O=C1NC(=O)C(Cc2ccc(COC[C@H](O)c3ccc(Cl)cc3)cc2)S1. The Labute approximate surface area is 160 Å². The van der Waals surface area contributed by atoms with E-state index in [1.807, 2.05) is 24.3 Å². The number of rotatable bonds is 7. The van der Waals surface area contributed by atoms with E-state index in [0.29, 0.717) is 18.1 Å². The zero-order valence-corrected chi connectivity index (χ0v) is 15.4. The number of amides is 2. The minimum atomic E-state index is -0.706. The van der Waals surface area contributed by atoms with Gasteiger partial charge in [-0.25, -0.2) is 0 Å². The molecule has 0 radical (unpaired) electrons. The minimum absolute atomic E-state index is 0.185. The van der Waals surface area contributed by atoms with Gasteiger partial charge in [-0.05, 0) is 35.2 Å². The molecule has 2 atom stereocenters. The van der Waals surface area contributed by atoms with Crippen LogP contribution in [0.3, 0.4) is 0 Å². The van der Waals surface area contributed by atoms with E-state index in [-0.39, 0.29) is 23.0 Å². The summed E-state index contributed by atoms with van der Waals surface area (Å²) in [5.41, 5.74) is 2.71. The summed E-state index contributed by atoms with van der Waals surface area (Å²) in [7, 11) is 0. The Morgan fingerprint density at radius 2 is 1.73 bits per heavy atom. The highest BCUT2D eigenvalue weighted by atomic mass is 35.5. The van der Waals surface area contributed by atoms with Crippen molar-refractivity contribution in [3.05, 3.63) is 70.2 Å². The summed E-state index contributed by atoms with van der Waals surface area (Å²) in [6.45, 7) is 0.562. The van der Waals surface area contributed by atoms with Gasteiger partial charge in [-0.3, -0.25) is 14.9 Å². The molecule has 1 aliphatic heterocycles. The molecular formula is C19H18ClNO4S. The van der Waals surface area contributed by atoms with Crippen LogP contribution in [0.2, 0.25) is 5.02 Å². The number of thioether (sulfide) groups is 1. The second kappa shape index (κ2) is 8.68. The number of imide groups is 1. The molecule has 1 heterocycles. The Balaban J connectivity index is 1.46. The number of ether oxygens (including phenoxy) is 1. The molecule has 2 amide bonds. The van der Waals surface area contributed by atoms with Crippen LogP contribution in [0.25, 0.3) is 0 Å². The highest BCUT2D eigenvalue weighted by Crippen LogP contribution is 2.23. The maximum absolute atomic E-state index is 11.6. The van der Waals surface area contributed by atoms with Crippen molar-refractivity contribution in [2.24, 2.45) is 0 Å². The number of benzene rings is 2. The topological polar surface area (TPSA) is 75.6 Å². The molecule has 0 aromatic heterocycles. The first-order valence-electron chi connectivity index (χ1n) is 8.12. The highest BCUT2D eigenvalue weighted by molar-refractivity contribution is 8.15. The molecule has 1 saturated heterocycles. The number of carbonyl (C=O) groups is 2. The lowest BCUT2D eigenvalue weighted by Crippen LogP contribution is -2.25. The summed E-state index contributed by atoms with van der Waals surface area (Å²) in [5, 5.41) is 12.4. The summed E-state index contributed by atoms with van der Waals surface area (Å²) in [6, 6.07) is 14.7. The van der Waals surface area contributed by atoms with Crippen LogP contribution in [0.4, 0.5) is 4.79 Å². The summed E-state index contributed by atoms with van der Waals surface area (Å²) < 4.78 is 5.57. The molecule has 2 aromatic rings. The quantitative estimate of drug-likeness (QED) is 0.755. The molecule has 7 heteroatoms. The molecule has 2 aromatic carbocycles. The van der Waals surface area contributed by atoms with Crippen LogP contribution in [0.1, 0.15) is 22.8 Å². The fourth-order valence-corrected chi connectivity index (χ4v) is 3.57. The van der Waals surface area contributed by atoms with Crippen LogP contribution in [0.15, 0.2) is 48.5 Å². The average Bonchev–Trinajstić information content (AvgIpc) is 2.94. The number of nitrogens with one attached hydrogen (secondary N) is 1. The number of aliphatic hydroxyl groups is 1. The van der Waals surface area contributed by atoms with Crippen LogP contribution in [-0.2, 0) is 22.6 Å². The molecule has 3 rings (SSSR count). The highest BCUT2D eigenvalue weighted by Gasteiger charge is 2.31. The Morgan fingerprint density at radius 3 is 2.35 bits per heavy atom. The zero-order valence-electron chi connectivity index (χ0n) is 13.9. The van der Waals surface area contributed by atoms with Crippen LogP contribution in [-0.4, -0.2) is 28.1 Å². The van der Waals surface area contributed by atoms with Crippen molar-refractivity contribution in [3.8, 4) is 0 Å². The monoisotopic (exact) mass is 391 g/mol. The van der Waals surface area contributed by atoms with Gasteiger partial charge in [0, 0.05) is 5.02 Å². The van der Waals surface area contributed by atoms with E-state index in [9.17, 15) is 14.7 Å². The lowest BCUT2D eigenvalue weighted by atomic mass is 10.1. The Bertz CT molecular complexity index is 779. The fourth-order valence-electron chi connectivity index (χ4n) is 2.58. The van der Waals surface area contributed by atoms with Gasteiger partial charge in [0.05, 0.1) is 18.5 Å². The number of aliphatic hydroxyl groups excluding tert-OH is 1. The number of carbonyl (C=O) groups excluding carboxylic acids is 2. The third-order valence-corrected chi connectivity index (χ3v) is 5.24. The van der Waals surface area contributed by atoms with Crippen molar-refractivity contribution < 1.29 is 19.4 Å². The van der Waals surface area contributed by atoms with Gasteiger partial charge < -0.3 is 9.84 Å². The first-order valence-corrected chi connectivity index (χ1v) is 9.37. The standard InChI is InChI=1S/C19H18ClNO4S/c20-15-7-5-14(6-8-15)16(22)11-25-10-13-3-1-12(2-4-13)9-17-18(23)21-19(24)26-17/h1-8,16-17,22H,9-11H2,(H,21,23,24)/t16-,17?/m0/s1. The van der Waals surface area contributed by atoms with E-state index in [4.69, 9.17) is 16.3 Å². The molecule has 2 N–H and O–H groups in total. The largest absolute Gasteiger partial charge is 0.386 e. The zero-order chi connectivity index (χ0) is 18.5. The first-order chi connectivity index (χ1) is 12.5. The van der Waals surface area contributed by atoms with Gasteiger partial charge >= 0.3 is 0 Å². The fraction of sp³-hybridized carbons (Fsp3) is 0.263. The van der Waals surface area contributed by atoms with Crippen molar-refractivity contribution in [1.29, 1.82) is 0 Å². The van der Waals surface area contributed by atoms with Gasteiger partial charge in [0.25, 0.3) is 5.24 Å². The Hall–Kier alpha value is -1.86. The second-order valence-electron chi connectivity index (χ2n) is 5.99. The molecule has 26 heavy (non-hydrogen) atoms. The lowest BCUT2D eigenvalue weighted by molar-refractivity contribution is -0.118. The molecule has 0 aliphatic carbocycles. The molecule has 1 fully saturated rings. The maximum Gasteiger partial charge on any atom is 0.286 e. The third kappa shape index (κ3) is 5.08. The summed E-state index contributed by atoms with van der Waals surface area (Å²) in [5.74, 6) is -0.233. The molecule has 1 unspecified atom stereocenters. The predicted octanol–water partition coefficient (Wildman–Crippen LogP) is 3.48. The van der Waals surface area contributed by atoms with Crippen molar-refractivity contribution in [3.63, 3.8) is 0 Å².